The molecule has 0 unspecified atom stereocenters. The van der Waals surface area contributed by atoms with E-state index in [-0.39, 0.29) is 11.6 Å². The number of aromatic nitrogens is 5. The van der Waals surface area contributed by atoms with Crippen LogP contribution < -0.4 is 11.0 Å². The molecule has 134 valence electrons. The third-order valence-electron chi connectivity index (χ3n) is 3.63. The van der Waals surface area contributed by atoms with Gasteiger partial charge in [-0.1, -0.05) is 44.2 Å². The fourth-order valence-electron chi connectivity index (χ4n) is 2.56. The average molecular weight is 352 g/mol. The minimum absolute atomic E-state index is 0.0406. The standard InChI is InChI=1S/C18H20N6O2/c1-11(2)8-13-10-14(20-18(26)19-13)16(25)22-17-21-15(23-24-17)9-12-6-4-3-5-7-12/h3-7,10-11H,8-9H2,1-2H3,(H,19,20,26)(H2,21,22,23,24,25). The Morgan fingerprint density at radius 2 is 1.96 bits per heavy atom. The van der Waals surface area contributed by atoms with E-state index in [4.69, 9.17) is 0 Å². The predicted octanol–water partition coefficient (Wildman–Crippen LogP) is 1.93. The number of amides is 1. The van der Waals surface area contributed by atoms with Gasteiger partial charge in [0.25, 0.3) is 5.91 Å². The largest absolute Gasteiger partial charge is 0.345 e. The van der Waals surface area contributed by atoms with Gasteiger partial charge < -0.3 is 4.98 Å². The van der Waals surface area contributed by atoms with Crippen molar-refractivity contribution in [2.45, 2.75) is 26.7 Å². The summed E-state index contributed by atoms with van der Waals surface area (Å²) in [5, 5.41) is 9.35. The molecule has 0 bridgehead atoms. The molecule has 3 rings (SSSR count). The monoisotopic (exact) mass is 352 g/mol. The maximum atomic E-state index is 12.4. The highest BCUT2D eigenvalue weighted by Gasteiger charge is 2.14. The van der Waals surface area contributed by atoms with Crippen molar-refractivity contribution in [2.24, 2.45) is 5.92 Å². The van der Waals surface area contributed by atoms with E-state index in [1.54, 1.807) is 6.07 Å². The van der Waals surface area contributed by atoms with E-state index in [0.717, 1.165) is 5.56 Å². The zero-order valence-electron chi connectivity index (χ0n) is 14.6. The molecule has 8 heteroatoms. The maximum absolute atomic E-state index is 12.4. The lowest BCUT2D eigenvalue weighted by Gasteiger charge is -2.06. The number of nitrogens with one attached hydrogen (secondary N) is 3. The molecule has 0 aliphatic heterocycles. The second-order valence-corrected chi connectivity index (χ2v) is 6.42. The molecule has 0 saturated carbocycles. The van der Waals surface area contributed by atoms with Crippen LogP contribution in [0.25, 0.3) is 0 Å². The summed E-state index contributed by atoms with van der Waals surface area (Å²) in [6.07, 6.45) is 1.23. The predicted molar refractivity (Wildman–Crippen MR) is 97.0 cm³/mol. The summed E-state index contributed by atoms with van der Waals surface area (Å²) < 4.78 is 0. The quantitative estimate of drug-likeness (QED) is 0.627. The molecule has 8 nitrogen and oxygen atoms in total. The molecule has 2 aromatic heterocycles. The van der Waals surface area contributed by atoms with Gasteiger partial charge in [0.2, 0.25) is 5.95 Å². The van der Waals surface area contributed by atoms with E-state index in [0.29, 0.717) is 30.3 Å². The molecular weight excluding hydrogens is 332 g/mol. The number of hydrogen-bond acceptors (Lipinski definition) is 5. The minimum atomic E-state index is -0.548. The summed E-state index contributed by atoms with van der Waals surface area (Å²) >= 11 is 0. The molecule has 3 N–H and O–H groups in total. The van der Waals surface area contributed by atoms with E-state index in [9.17, 15) is 9.59 Å². The number of anilines is 1. The lowest BCUT2D eigenvalue weighted by Crippen LogP contribution is -2.22. The van der Waals surface area contributed by atoms with Gasteiger partial charge in [0.1, 0.15) is 11.5 Å². The van der Waals surface area contributed by atoms with Crippen LogP contribution in [0.1, 0.15) is 41.4 Å². The SMILES string of the molecule is CC(C)Cc1cc(C(=O)Nc2n[nH]c(Cc3ccccc3)n2)nc(=O)[nH]1. The molecule has 0 spiro atoms. The summed E-state index contributed by atoms with van der Waals surface area (Å²) in [6.45, 7) is 4.06. The van der Waals surface area contributed by atoms with Crippen molar-refractivity contribution in [2.75, 3.05) is 5.32 Å². The smallest absolute Gasteiger partial charge is 0.310 e. The summed E-state index contributed by atoms with van der Waals surface area (Å²) in [6, 6.07) is 11.4. The molecule has 0 aliphatic carbocycles. The van der Waals surface area contributed by atoms with Gasteiger partial charge in [-0.2, -0.15) is 9.97 Å². The fourth-order valence-corrected chi connectivity index (χ4v) is 2.56. The Kier molecular flexibility index (Phi) is 5.21. The molecular formula is C18H20N6O2. The summed E-state index contributed by atoms with van der Waals surface area (Å²) in [5.74, 6) is 0.600. The first kappa shape index (κ1) is 17.5. The molecule has 3 aromatic rings. The summed E-state index contributed by atoms with van der Waals surface area (Å²) in [7, 11) is 0. The van der Waals surface area contributed by atoms with Gasteiger partial charge in [0.15, 0.2) is 0 Å². The number of carbonyl (C=O) groups excluding carboxylic acids is 1. The van der Waals surface area contributed by atoms with Crippen molar-refractivity contribution in [3.8, 4) is 0 Å². The number of H-pyrrole nitrogens is 2. The Morgan fingerprint density at radius 3 is 2.69 bits per heavy atom. The number of hydrogen-bond donors (Lipinski definition) is 3. The Hall–Kier alpha value is -3.29. The van der Waals surface area contributed by atoms with Gasteiger partial charge in [-0.05, 0) is 24.0 Å². The molecule has 0 fully saturated rings. The van der Waals surface area contributed by atoms with Crippen LogP contribution in [0.4, 0.5) is 5.95 Å². The second-order valence-electron chi connectivity index (χ2n) is 6.42. The van der Waals surface area contributed by atoms with E-state index in [2.05, 4.69) is 30.5 Å². The van der Waals surface area contributed by atoms with Crippen molar-refractivity contribution in [1.82, 2.24) is 25.1 Å². The highest BCUT2D eigenvalue weighted by atomic mass is 16.2. The Bertz CT molecular complexity index is 946. The van der Waals surface area contributed by atoms with E-state index < -0.39 is 11.6 Å². The average Bonchev–Trinajstić information content (AvgIpc) is 3.01. The first-order valence-corrected chi connectivity index (χ1v) is 8.36. The van der Waals surface area contributed by atoms with Crippen molar-refractivity contribution >= 4 is 11.9 Å². The Labute approximate surface area is 150 Å². The summed E-state index contributed by atoms with van der Waals surface area (Å²) in [4.78, 5) is 34.6. The molecule has 2 heterocycles. The van der Waals surface area contributed by atoms with Gasteiger partial charge in [0, 0.05) is 12.1 Å². The number of aromatic amines is 2. The highest BCUT2D eigenvalue weighted by Crippen LogP contribution is 2.09. The van der Waals surface area contributed by atoms with Crippen molar-refractivity contribution < 1.29 is 4.79 Å². The topological polar surface area (TPSA) is 116 Å². The van der Waals surface area contributed by atoms with Gasteiger partial charge >= 0.3 is 5.69 Å². The molecule has 26 heavy (non-hydrogen) atoms. The van der Waals surface area contributed by atoms with Gasteiger partial charge in [-0.15, -0.1) is 5.10 Å². The normalized spacial score (nSPS) is 10.9. The zero-order valence-corrected chi connectivity index (χ0v) is 14.6. The van der Waals surface area contributed by atoms with Crippen LogP contribution in [0.3, 0.4) is 0 Å². The zero-order chi connectivity index (χ0) is 18.5. The molecule has 1 aromatic carbocycles. The van der Waals surface area contributed by atoms with Crippen molar-refractivity contribution in [3.63, 3.8) is 0 Å². The van der Waals surface area contributed by atoms with Crippen LogP contribution in [0, 0.1) is 5.92 Å². The van der Waals surface area contributed by atoms with Gasteiger partial charge in [-0.3, -0.25) is 15.2 Å². The minimum Gasteiger partial charge on any atom is -0.310 e. The van der Waals surface area contributed by atoms with Crippen molar-refractivity contribution in [1.29, 1.82) is 0 Å². The molecule has 0 atom stereocenters. The number of carbonyl (C=O) groups is 1. The van der Waals surface area contributed by atoms with Crippen LogP contribution in [0.5, 0.6) is 0 Å². The van der Waals surface area contributed by atoms with E-state index in [1.807, 2.05) is 44.2 Å². The fraction of sp³-hybridized carbons (Fsp3) is 0.278. The summed E-state index contributed by atoms with van der Waals surface area (Å²) in [5.41, 5.74) is 1.24. The second kappa shape index (κ2) is 7.73. The lowest BCUT2D eigenvalue weighted by molar-refractivity contribution is 0.102. The molecule has 0 saturated heterocycles. The van der Waals surface area contributed by atoms with Crippen LogP contribution in [-0.2, 0) is 12.8 Å². The third kappa shape index (κ3) is 4.62. The van der Waals surface area contributed by atoms with Gasteiger partial charge in [0.05, 0.1) is 0 Å². The molecule has 0 radical (unpaired) electrons. The maximum Gasteiger partial charge on any atom is 0.345 e. The Morgan fingerprint density at radius 1 is 1.19 bits per heavy atom. The van der Waals surface area contributed by atoms with Crippen molar-refractivity contribution in [3.05, 3.63) is 69.7 Å². The van der Waals surface area contributed by atoms with Crippen LogP contribution >= 0.6 is 0 Å². The van der Waals surface area contributed by atoms with Crippen LogP contribution in [0.15, 0.2) is 41.2 Å². The first-order valence-electron chi connectivity index (χ1n) is 8.36. The highest BCUT2D eigenvalue weighted by molar-refractivity contribution is 6.01. The van der Waals surface area contributed by atoms with Crippen LogP contribution in [-0.4, -0.2) is 31.1 Å². The third-order valence-corrected chi connectivity index (χ3v) is 3.63. The molecule has 0 aliphatic rings. The van der Waals surface area contributed by atoms with Gasteiger partial charge in [-0.25, -0.2) is 4.79 Å². The van der Waals surface area contributed by atoms with Crippen LogP contribution in [0.2, 0.25) is 0 Å². The first-order chi connectivity index (χ1) is 12.5. The van der Waals surface area contributed by atoms with E-state index in [1.165, 1.54) is 0 Å². The number of nitrogens with zero attached hydrogens (tertiary/aromatic N) is 3. The molecule has 1 amide bonds. The van der Waals surface area contributed by atoms with E-state index >= 15 is 0 Å². The lowest BCUT2D eigenvalue weighted by atomic mass is 10.1. The number of rotatable bonds is 6. The Balaban J connectivity index is 1.70. The number of benzene rings is 1.